The quantitative estimate of drug-likeness (QED) is 0.724. The lowest BCUT2D eigenvalue weighted by molar-refractivity contribution is -0.115. The molecule has 0 spiro atoms. The molecule has 0 saturated heterocycles. The van der Waals surface area contributed by atoms with E-state index in [1.54, 1.807) is 0 Å². The first-order valence-electron chi connectivity index (χ1n) is 5.00. The van der Waals surface area contributed by atoms with E-state index in [2.05, 4.69) is 13.8 Å². The maximum atomic E-state index is 11.2. The van der Waals surface area contributed by atoms with E-state index >= 15 is 0 Å². The van der Waals surface area contributed by atoms with Crippen molar-refractivity contribution in [1.82, 2.24) is 0 Å². The molecule has 0 radical (unpaired) electrons. The van der Waals surface area contributed by atoms with Crippen molar-refractivity contribution in [2.45, 2.75) is 39.5 Å². The number of nitrogens with two attached hydrogens (primary N) is 1. The van der Waals surface area contributed by atoms with E-state index < -0.39 is 0 Å². The first kappa shape index (κ1) is 10.5. The molecule has 0 aromatic rings. The van der Waals surface area contributed by atoms with Crippen LogP contribution in [-0.2, 0) is 4.79 Å². The standard InChI is InChI=1S/C11H19NO/c1-11(2)6-5-10(13)8-9(11)4-3-7-12/h8H,3-7,12H2,1-2H3. The fourth-order valence-electron chi connectivity index (χ4n) is 1.76. The molecule has 1 aliphatic rings. The topological polar surface area (TPSA) is 43.1 Å². The summed E-state index contributed by atoms with van der Waals surface area (Å²) in [4.78, 5) is 11.2. The Balaban J connectivity index is 2.69. The second kappa shape index (κ2) is 4.05. The van der Waals surface area contributed by atoms with Crippen LogP contribution in [0.25, 0.3) is 0 Å². The predicted octanol–water partition coefficient (Wildman–Crippen LogP) is 2.04. The lowest BCUT2D eigenvalue weighted by atomic mass is 9.74. The average molecular weight is 181 g/mol. The van der Waals surface area contributed by atoms with Crippen LogP contribution >= 0.6 is 0 Å². The molecule has 0 heterocycles. The van der Waals surface area contributed by atoms with Gasteiger partial charge in [-0.3, -0.25) is 4.79 Å². The van der Waals surface area contributed by atoms with Gasteiger partial charge in [-0.15, -0.1) is 0 Å². The maximum absolute atomic E-state index is 11.2. The smallest absolute Gasteiger partial charge is 0.155 e. The monoisotopic (exact) mass is 181 g/mol. The third kappa shape index (κ3) is 2.66. The molecule has 74 valence electrons. The van der Waals surface area contributed by atoms with Gasteiger partial charge >= 0.3 is 0 Å². The van der Waals surface area contributed by atoms with Gasteiger partial charge in [0, 0.05) is 6.42 Å². The highest BCUT2D eigenvalue weighted by Crippen LogP contribution is 2.37. The van der Waals surface area contributed by atoms with Crippen molar-refractivity contribution in [3.8, 4) is 0 Å². The average Bonchev–Trinajstić information content (AvgIpc) is 2.07. The van der Waals surface area contributed by atoms with Gasteiger partial charge in [-0.1, -0.05) is 19.4 Å². The number of rotatable bonds is 3. The summed E-state index contributed by atoms with van der Waals surface area (Å²) in [5.74, 6) is 0.284. The highest BCUT2D eigenvalue weighted by molar-refractivity contribution is 5.91. The Morgan fingerprint density at radius 2 is 2.23 bits per heavy atom. The molecule has 0 unspecified atom stereocenters. The fraction of sp³-hybridized carbons (Fsp3) is 0.727. The summed E-state index contributed by atoms with van der Waals surface area (Å²) in [7, 11) is 0. The zero-order valence-electron chi connectivity index (χ0n) is 8.60. The minimum Gasteiger partial charge on any atom is -0.330 e. The summed E-state index contributed by atoms with van der Waals surface area (Å²) in [6, 6.07) is 0. The van der Waals surface area contributed by atoms with Crippen molar-refractivity contribution in [3.05, 3.63) is 11.6 Å². The molecule has 0 bridgehead atoms. The molecule has 0 aromatic carbocycles. The van der Waals surface area contributed by atoms with Crippen molar-refractivity contribution in [2.24, 2.45) is 11.1 Å². The van der Waals surface area contributed by atoms with Crippen molar-refractivity contribution in [1.29, 1.82) is 0 Å². The van der Waals surface area contributed by atoms with Crippen molar-refractivity contribution in [2.75, 3.05) is 6.54 Å². The number of carbonyl (C=O) groups is 1. The Kier molecular flexibility index (Phi) is 3.26. The Hall–Kier alpha value is -0.630. The maximum Gasteiger partial charge on any atom is 0.155 e. The van der Waals surface area contributed by atoms with Gasteiger partial charge in [0.2, 0.25) is 0 Å². The summed E-state index contributed by atoms with van der Waals surface area (Å²) >= 11 is 0. The summed E-state index contributed by atoms with van der Waals surface area (Å²) in [6.07, 6.45) is 5.50. The summed E-state index contributed by atoms with van der Waals surface area (Å²) in [5, 5.41) is 0. The van der Waals surface area contributed by atoms with Crippen LogP contribution in [0.4, 0.5) is 0 Å². The van der Waals surface area contributed by atoms with Gasteiger partial charge in [-0.05, 0) is 37.3 Å². The van der Waals surface area contributed by atoms with Crippen molar-refractivity contribution < 1.29 is 4.79 Å². The molecule has 1 aliphatic carbocycles. The van der Waals surface area contributed by atoms with Gasteiger partial charge < -0.3 is 5.73 Å². The van der Waals surface area contributed by atoms with Crippen LogP contribution in [0.3, 0.4) is 0 Å². The molecule has 2 heteroatoms. The van der Waals surface area contributed by atoms with Crippen LogP contribution in [0.2, 0.25) is 0 Å². The van der Waals surface area contributed by atoms with Gasteiger partial charge in [-0.25, -0.2) is 0 Å². The first-order chi connectivity index (χ1) is 6.06. The zero-order valence-corrected chi connectivity index (χ0v) is 8.60. The second-order valence-corrected chi connectivity index (χ2v) is 4.41. The van der Waals surface area contributed by atoms with Gasteiger partial charge in [0.05, 0.1) is 0 Å². The molecule has 0 atom stereocenters. The lowest BCUT2D eigenvalue weighted by Crippen LogP contribution is -2.22. The van der Waals surface area contributed by atoms with Crippen LogP contribution in [0.15, 0.2) is 11.6 Å². The Bertz CT molecular complexity index is 228. The second-order valence-electron chi connectivity index (χ2n) is 4.41. The minimum atomic E-state index is 0.211. The summed E-state index contributed by atoms with van der Waals surface area (Å²) in [5.41, 5.74) is 6.95. The number of hydrogen-bond donors (Lipinski definition) is 1. The van der Waals surface area contributed by atoms with Gasteiger partial charge in [0.15, 0.2) is 5.78 Å². The molecule has 13 heavy (non-hydrogen) atoms. The lowest BCUT2D eigenvalue weighted by Gasteiger charge is -2.31. The zero-order chi connectivity index (χ0) is 9.90. The van der Waals surface area contributed by atoms with Gasteiger partial charge in [0.1, 0.15) is 0 Å². The molecule has 0 fully saturated rings. The van der Waals surface area contributed by atoms with E-state index in [-0.39, 0.29) is 11.2 Å². The van der Waals surface area contributed by atoms with Crippen LogP contribution in [-0.4, -0.2) is 12.3 Å². The highest BCUT2D eigenvalue weighted by atomic mass is 16.1. The molecular formula is C11H19NO. The summed E-state index contributed by atoms with van der Waals surface area (Å²) in [6.45, 7) is 5.13. The van der Waals surface area contributed by atoms with E-state index in [4.69, 9.17) is 5.73 Å². The molecular weight excluding hydrogens is 162 g/mol. The minimum absolute atomic E-state index is 0.211. The Labute approximate surface area is 80.2 Å². The van der Waals surface area contributed by atoms with Gasteiger partial charge in [0.25, 0.3) is 0 Å². The SMILES string of the molecule is CC1(C)CCC(=O)C=C1CCCN. The largest absolute Gasteiger partial charge is 0.330 e. The number of allylic oxidation sites excluding steroid dienone is 2. The normalized spacial score (nSPS) is 21.5. The van der Waals surface area contributed by atoms with E-state index in [0.717, 1.165) is 19.3 Å². The third-order valence-corrected chi connectivity index (χ3v) is 2.85. The van der Waals surface area contributed by atoms with Crippen LogP contribution in [0.5, 0.6) is 0 Å². The van der Waals surface area contributed by atoms with E-state index in [1.165, 1.54) is 5.57 Å². The first-order valence-corrected chi connectivity index (χ1v) is 5.00. The van der Waals surface area contributed by atoms with Crippen LogP contribution in [0, 0.1) is 5.41 Å². The van der Waals surface area contributed by atoms with Crippen LogP contribution < -0.4 is 5.73 Å². The Morgan fingerprint density at radius 1 is 1.54 bits per heavy atom. The highest BCUT2D eigenvalue weighted by Gasteiger charge is 2.27. The number of hydrogen-bond acceptors (Lipinski definition) is 2. The van der Waals surface area contributed by atoms with Gasteiger partial charge in [-0.2, -0.15) is 0 Å². The number of ketones is 1. The predicted molar refractivity (Wildman–Crippen MR) is 54.4 cm³/mol. The van der Waals surface area contributed by atoms with E-state index in [1.807, 2.05) is 6.08 Å². The van der Waals surface area contributed by atoms with Crippen molar-refractivity contribution >= 4 is 5.78 Å². The number of carbonyl (C=O) groups excluding carboxylic acids is 1. The fourth-order valence-corrected chi connectivity index (χ4v) is 1.76. The molecule has 1 rings (SSSR count). The molecule has 0 aliphatic heterocycles. The molecule has 0 amide bonds. The molecule has 0 aromatic heterocycles. The van der Waals surface area contributed by atoms with E-state index in [9.17, 15) is 4.79 Å². The van der Waals surface area contributed by atoms with E-state index in [0.29, 0.717) is 13.0 Å². The molecule has 0 saturated carbocycles. The third-order valence-electron chi connectivity index (χ3n) is 2.85. The Morgan fingerprint density at radius 3 is 2.85 bits per heavy atom. The van der Waals surface area contributed by atoms with Crippen molar-refractivity contribution in [3.63, 3.8) is 0 Å². The summed E-state index contributed by atoms with van der Waals surface area (Å²) < 4.78 is 0. The molecule has 2 N–H and O–H groups in total. The van der Waals surface area contributed by atoms with Crippen LogP contribution in [0.1, 0.15) is 39.5 Å². The molecule has 2 nitrogen and oxygen atoms in total.